The Balaban J connectivity index is 1.09. The highest BCUT2D eigenvalue weighted by Crippen LogP contribution is 2.66. The summed E-state index contributed by atoms with van der Waals surface area (Å²) in [5, 5.41) is 0. The largest absolute Gasteiger partial charge is 0.335 e. The number of hydrogen-bond donors (Lipinski definition) is 0. The van der Waals surface area contributed by atoms with E-state index < -0.39 is 0 Å². The number of benzene rings is 8. The highest BCUT2D eigenvalue weighted by Gasteiger charge is 2.64. The topological polar surface area (TPSA) is 9.72 Å². The maximum atomic E-state index is 2.92. The number of anilines is 7. The van der Waals surface area contributed by atoms with Crippen molar-refractivity contribution in [3.8, 4) is 22.3 Å². The lowest BCUT2D eigenvalue weighted by atomic mass is 9.33. The molecule has 6 aliphatic rings. The van der Waals surface area contributed by atoms with Gasteiger partial charge in [-0.2, -0.15) is 0 Å². The van der Waals surface area contributed by atoms with E-state index in [2.05, 4.69) is 238 Å². The van der Waals surface area contributed by atoms with Crippen molar-refractivity contribution in [3.05, 3.63) is 204 Å². The van der Waals surface area contributed by atoms with Crippen molar-refractivity contribution >= 4 is 62.9 Å². The van der Waals surface area contributed by atoms with E-state index in [9.17, 15) is 0 Å². The first-order valence-electron chi connectivity index (χ1n) is 26.7. The van der Waals surface area contributed by atoms with E-state index in [1.807, 2.05) is 0 Å². The fourth-order valence-electron chi connectivity index (χ4n) is 15.6. The third-order valence-corrected chi connectivity index (χ3v) is 19.2. The van der Waals surface area contributed by atoms with E-state index >= 15 is 0 Å². The third-order valence-electron chi connectivity index (χ3n) is 19.2. The summed E-state index contributed by atoms with van der Waals surface area (Å²) in [7, 11) is 0. The zero-order valence-electron chi connectivity index (χ0n) is 42.4. The van der Waals surface area contributed by atoms with Crippen LogP contribution in [0.5, 0.6) is 0 Å². The second kappa shape index (κ2) is 15.1. The molecule has 71 heavy (non-hydrogen) atoms. The van der Waals surface area contributed by atoms with Gasteiger partial charge < -0.3 is 14.7 Å². The molecule has 0 N–H and O–H groups in total. The van der Waals surface area contributed by atoms with Crippen LogP contribution in [0, 0.1) is 0 Å². The predicted octanol–water partition coefficient (Wildman–Crippen LogP) is 15.4. The Labute approximate surface area is 422 Å². The van der Waals surface area contributed by atoms with Gasteiger partial charge in [0.1, 0.15) is 0 Å². The standard InChI is InChI=1S/C67H64BN3/c1-63(2,3)50-32-36-57-54(42-50)67(49-25-14-9-15-26-49)40-19-18-39-66(67,6)70(57)52-43-59-61-60(44-52)71-62-53(64(4)37-16-17-38-65(64,71)5)27-20-28-55(62)68(61)56-41-48(46-23-12-8-13-24-46)31-35-58(56)69(59)51-33-29-47(30-34-51)45-21-10-7-11-22-45/h7-15,20-36,41-44H,16-19,37-40H2,1-6H3. The quantitative estimate of drug-likeness (QED) is 0.159. The molecule has 3 nitrogen and oxygen atoms in total. The summed E-state index contributed by atoms with van der Waals surface area (Å²) >= 11 is 0. The Morgan fingerprint density at radius 2 is 1.04 bits per heavy atom. The first-order chi connectivity index (χ1) is 34.4. The zero-order chi connectivity index (χ0) is 48.1. The lowest BCUT2D eigenvalue weighted by Crippen LogP contribution is -2.64. The van der Waals surface area contributed by atoms with Crippen LogP contribution >= 0.6 is 0 Å². The first-order valence-corrected chi connectivity index (χ1v) is 26.7. The molecule has 0 spiro atoms. The summed E-state index contributed by atoms with van der Waals surface area (Å²) in [6.45, 7) is 15.1. The average molecular weight is 922 g/mol. The molecule has 0 radical (unpaired) electrons. The van der Waals surface area contributed by atoms with Crippen LogP contribution in [0.3, 0.4) is 0 Å². The van der Waals surface area contributed by atoms with Crippen molar-refractivity contribution in [2.45, 2.75) is 120 Å². The molecule has 2 fully saturated rings. The summed E-state index contributed by atoms with van der Waals surface area (Å²) in [5.41, 5.74) is 23.9. The number of hydrogen-bond acceptors (Lipinski definition) is 3. The Morgan fingerprint density at radius 3 is 1.76 bits per heavy atom. The minimum absolute atomic E-state index is 0.00998. The molecular formula is C67H64BN3. The minimum atomic E-state index is -0.225. The van der Waals surface area contributed by atoms with Crippen LogP contribution in [0.1, 0.15) is 115 Å². The molecular weight excluding hydrogens is 858 g/mol. The van der Waals surface area contributed by atoms with Gasteiger partial charge in [0.2, 0.25) is 0 Å². The van der Waals surface area contributed by atoms with Gasteiger partial charge in [0, 0.05) is 50.6 Å². The molecule has 8 aromatic carbocycles. The van der Waals surface area contributed by atoms with Gasteiger partial charge in [0.05, 0.1) is 11.1 Å². The molecule has 0 amide bonds. The molecule has 2 saturated carbocycles. The van der Waals surface area contributed by atoms with E-state index in [-0.39, 0.29) is 34.0 Å². The Kier molecular flexibility index (Phi) is 9.17. The van der Waals surface area contributed by atoms with Gasteiger partial charge in [0.15, 0.2) is 0 Å². The Bertz CT molecular complexity index is 3430. The molecule has 0 saturated heterocycles. The zero-order valence-corrected chi connectivity index (χ0v) is 42.4. The molecule has 0 aromatic heterocycles. The van der Waals surface area contributed by atoms with Gasteiger partial charge in [-0.15, -0.1) is 0 Å². The van der Waals surface area contributed by atoms with E-state index in [4.69, 9.17) is 0 Å². The van der Waals surface area contributed by atoms with Gasteiger partial charge in [-0.1, -0.05) is 199 Å². The van der Waals surface area contributed by atoms with E-state index in [0.29, 0.717) is 0 Å². The van der Waals surface area contributed by atoms with Crippen molar-refractivity contribution in [1.82, 2.24) is 0 Å². The Hall–Kier alpha value is -6.78. The number of para-hydroxylation sites is 1. The molecule has 4 unspecified atom stereocenters. The van der Waals surface area contributed by atoms with E-state index in [1.54, 1.807) is 0 Å². The minimum Gasteiger partial charge on any atom is -0.335 e. The summed E-state index contributed by atoms with van der Waals surface area (Å²) in [6.07, 6.45) is 9.53. The summed E-state index contributed by atoms with van der Waals surface area (Å²) < 4.78 is 0. The maximum Gasteiger partial charge on any atom is 0.252 e. The van der Waals surface area contributed by atoms with Gasteiger partial charge in [0.25, 0.3) is 6.71 Å². The van der Waals surface area contributed by atoms with Gasteiger partial charge in [-0.05, 0) is 142 Å². The van der Waals surface area contributed by atoms with Crippen molar-refractivity contribution in [2.24, 2.45) is 0 Å². The molecule has 0 bridgehead atoms. The smallest absolute Gasteiger partial charge is 0.252 e. The average Bonchev–Trinajstić information content (AvgIpc) is 3.77. The second-order valence-corrected chi connectivity index (χ2v) is 23.7. The third kappa shape index (κ3) is 5.74. The molecule has 14 rings (SSSR count). The number of fused-ring (bicyclic) bond motifs is 10. The fraction of sp³-hybridized carbons (Fsp3) is 0.284. The summed E-state index contributed by atoms with van der Waals surface area (Å²) in [6, 6.07) is 70.6. The lowest BCUT2D eigenvalue weighted by Gasteiger charge is -2.54. The van der Waals surface area contributed by atoms with Crippen molar-refractivity contribution in [3.63, 3.8) is 0 Å². The van der Waals surface area contributed by atoms with Crippen LogP contribution in [0.4, 0.5) is 39.8 Å². The number of rotatable bonds is 5. The monoisotopic (exact) mass is 922 g/mol. The maximum absolute atomic E-state index is 2.92. The highest BCUT2D eigenvalue weighted by atomic mass is 15.3. The van der Waals surface area contributed by atoms with Crippen molar-refractivity contribution in [2.75, 3.05) is 14.7 Å². The fourth-order valence-corrected chi connectivity index (χ4v) is 15.6. The first kappa shape index (κ1) is 43.0. The van der Waals surface area contributed by atoms with Crippen LogP contribution in [0.25, 0.3) is 22.3 Å². The summed E-state index contributed by atoms with van der Waals surface area (Å²) in [5.74, 6) is 0. The van der Waals surface area contributed by atoms with Crippen LogP contribution in [0.2, 0.25) is 0 Å². The molecule has 350 valence electrons. The second-order valence-electron chi connectivity index (χ2n) is 23.7. The molecule has 8 aromatic rings. The Morgan fingerprint density at radius 1 is 0.437 bits per heavy atom. The van der Waals surface area contributed by atoms with Crippen LogP contribution in [0.15, 0.2) is 182 Å². The van der Waals surface area contributed by atoms with Crippen LogP contribution in [-0.2, 0) is 16.2 Å². The van der Waals surface area contributed by atoms with E-state index in [0.717, 1.165) is 19.3 Å². The summed E-state index contributed by atoms with van der Waals surface area (Å²) in [4.78, 5) is 8.45. The number of nitrogens with zero attached hydrogens (tertiary/aromatic N) is 3. The molecule has 4 heterocycles. The SMILES string of the molecule is CC(C)(C)c1ccc2c(c1)C1(c3ccccc3)CCCCC1(C)N2c1cc2c3c(c1)N1c4c(cccc4C4(C)CCCCC14C)B3c1cc(-c3ccccc3)ccc1N2c1ccc(-c2ccccc2)cc1. The molecule has 4 aliphatic heterocycles. The van der Waals surface area contributed by atoms with Crippen LogP contribution < -0.4 is 31.1 Å². The molecule has 4 heteroatoms. The van der Waals surface area contributed by atoms with Gasteiger partial charge >= 0.3 is 0 Å². The van der Waals surface area contributed by atoms with Crippen molar-refractivity contribution < 1.29 is 0 Å². The van der Waals surface area contributed by atoms with Gasteiger partial charge in [-0.25, -0.2) is 0 Å². The molecule has 2 aliphatic carbocycles. The van der Waals surface area contributed by atoms with Gasteiger partial charge in [-0.3, -0.25) is 0 Å². The van der Waals surface area contributed by atoms with E-state index in [1.165, 1.54) is 133 Å². The van der Waals surface area contributed by atoms with Crippen LogP contribution in [-0.4, -0.2) is 17.8 Å². The lowest BCUT2D eigenvalue weighted by molar-refractivity contribution is 0.195. The highest BCUT2D eigenvalue weighted by molar-refractivity contribution is 7.00. The predicted molar refractivity (Wildman–Crippen MR) is 301 cm³/mol. The van der Waals surface area contributed by atoms with Crippen molar-refractivity contribution in [1.29, 1.82) is 0 Å². The molecule has 4 atom stereocenters. The normalized spacial score (nSPS) is 24.4.